The highest BCUT2D eigenvalue weighted by Gasteiger charge is 1.89. The van der Waals surface area contributed by atoms with Crippen molar-refractivity contribution in [2.45, 2.75) is 20.8 Å². The fourth-order valence-corrected chi connectivity index (χ4v) is 0.636. The van der Waals surface area contributed by atoms with Crippen LogP contribution in [0.5, 0.6) is 0 Å². The van der Waals surface area contributed by atoms with Gasteiger partial charge in [0.1, 0.15) is 0 Å². The Bertz CT molecular complexity index is 166. The monoisotopic (exact) mass is 138 g/mol. The summed E-state index contributed by atoms with van der Waals surface area (Å²) in [6.07, 6.45) is 4.02. The lowest BCUT2D eigenvalue weighted by Gasteiger charge is -1.96. The van der Waals surface area contributed by atoms with Gasteiger partial charge in [-0.1, -0.05) is 17.7 Å². The molecule has 2 nitrogen and oxygen atoms in total. The van der Waals surface area contributed by atoms with Gasteiger partial charge in [0.05, 0.1) is 6.54 Å². The minimum Gasteiger partial charge on any atom is -0.210 e. The Morgan fingerprint density at radius 2 is 2.10 bits per heavy atom. The summed E-state index contributed by atoms with van der Waals surface area (Å²) >= 11 is 0. The second-order valence-corrected chi connectivity index (χ2v) is 2.28. The van der Waals surface area contributed by atoms with Crippen molar-refractivity contribution in [1.29, 1.82) is 5.53 Å². The molecule has 1 N–H and O–H groups in total. The second kappa shape index (κ2) is 4.91. The Morgan fingerprint density at radius 3 is 2.50 bits per heavy atom. The van der Waals surface area contributed by atoms with Gasteiger partial charge in [0.25, 0.3) is 0 Å². The van der Waals surface area contributed by atoms with E-state index < -0.39 is 0 Å². The lowest BCUT2D eigenvalue weighted by molar-refractivity contribution is 0.952. The molecule has 0 saturated heterocycles. The van der Waals surface area contributed by atoms with E-state index in [4.69, 9.17) is 5.53 Å². The third-order valence-corrected chi connectivity index (χ3v) is 1.41. The zero-order valence-electron chi connectivity index (χ0n) is 6.81. The predicted molar refractivity (Wildman–Crippen MR) is 43.2 cm³/mol. The number of hydrogen-bond donors (Lipinski definition) is 1. The van der Waals surface area contributed by atoms with Crippen molar-refractivity contribution in [2.24, 2.45) is 5.11 Å². The molecule has 0 aromatic carbocycles. The van der Waals surface area contributed by atoms with Crippen molar-refractivity contribution in [1.82, 2.24) is 0 Å². The summed E-state index contributed by atoms with van der Waals surface area (Å²) in [5.74, 6) is 0. The van der Waals surface area contributed by atoms with Gasteiger partial charge in [0.2, 0.25) is 0 Å². The van der Waals surface area contributed by atoms with Crippen LogP contribution in [0.3, 0.4) is 0 Å². The van der Waals surface area contributed by atoms with Crippen LogP contribution in [0.1, 0.15) is 20.8 Å². The van der Waals surface area contributed by atoms with Gasteiger partial charge in [-0.05, 0) is 26.3 Å². The van der Waals surface area contributed by atoms with Crippen molar-refractivity contribution < 1.29 is 0 Å². The van der Waals surface area contributed by atoms with E-state index in [0.29, 0.717) is 6.54 Å². The number of rotatable bonds is 3. The fraction of sp³-hybridized carbons (Fsp3) is 0.500. The molecule has 0 rings (SSSR count). The number of nitrogens with one attached hydrogen (secondary N) is 1. The third kappa shape index (κ3) is 3.17. The van der Waals surface area contributed by atoms with Crippen molar-refractivity contribution in [3.05, 3.63) is 23.3 Å². The van der Waals surface area contributed by atoms with Gasteiger partial charge in [-0.25, -0.2) is 5.53 Å². The van der Waals surface area contributed by atoms with Gasteiger partial charge in [-0.15, -0.1) is 0 Å². The quantitative estimate of drug-likeness (QED) is 0.460. The van der Waals surface area contributed by atoms with E-state index in [1.807, 2.05) is 32.9 Å². The average Bonchev–Trinajstić information content (AvgIpc) is 1.89. The Balaban J connectivity index is 4.17. The van der Waals surface area contributed by atoms with Gasteiger partial charge in [-0.2, -0.15) is 5.11 Å². The predicted octanol–water partition coefficient (Wildman–Crippen LogP) is 2.93. The maximum atomic E-state index is 6.63. The first-order valence-electron chi connectivity index (χ1n) is 3.34. The highest BCUT2D eigenvalue weighted by molar-refractivity contribution is 5.22. The van der Waals surface area contributed by atoms with Gasteiger partial charge in [0, 0.05) is 0 Å². The van der Waals surface area contributed by atoms with Gasteiger partial charge in [-0.3, -0.25) is 0 Å². The topological polar surface area (TPSA) is 36.2 Å². The van der Waals surface area contributed by atoms with Gasteiger partial charge in [0.15, 0.2) is 0 Å². The van der Waals surface area contributed by atoms with Gasteiger partial charge < -0.3 is 0 Å². The first-order valence-corrected chi connectivity index (χ1v) is 3.34. The van der Waals surface area contributed by atoms with Crippen molar-refractivity contribution in [3.8, 4) is 0 Å². The maximum Gasteiger partial charge on any atom is 0.0809 e. The van der Waals surface area contributed by atoms with E-state index in [1.165, 1.54) is 5.57 Å². The van der Waals surface area contributed by atoms with E-state index in [0.717, 1.165) is 5.57 Å². The summed E-state index contributed by atoms with van der Waals surface area (Å²) in [6.45, 7) is 6.53. The Labute approximate surface area is 62.2 Å². The molecule has 0 bridgehead atoms. The normalized spacial score (nSPS) is 13.5. The molecule has 0 aliphatic heterocycles. The van der Waals surface area contributed by atoms with Crippen LogP contribution in [0.2, 0.25) is 0 Å². The van der Waals surface area contributed by atoms with Crippen LogP contribution >= 0.6 is 0 Å². The van der Waals surface area contributed by atoms with Gasteiger partial charge >= 0.3 is 0 Å². The van der Waals surface area contributed by atoms with E-state index in [2.05, 4.69) is 5.11 Å². The Kier molecular flexibility index (Phi) is 4.46. The summed E-state index contributed by atoms with van der Waals surface area (Å²) in [4.78, 5) is 0. The average molecular weight is 138 g/mol. The maximum absolute atomic E-state index is 6.63. The molecule has 10 heavy (non-hydrogen) atoms. The summed E-state index contributed by atoms with van der Waals surface area (Å²) < 4.78 is 0. The summed E-state index contributed by atoms with van der Waals surface area (Å²) in [5, 5.41) is 3.30. The van der Waals surface area contributed by atoms with Crippen LogP contribution in [0, 0.1) is 5.53 Å². The van der Waals surface area contributed by atoms with Crippen LogP contribution < -0.4 is 0 Å². The minimum absolute atomic E-state index is 0.524. The largest absolute Gasteiger partial charge is 0.210 e. The smallest absolute Gasteiger partial charge is 0.0809 e. The molecule has 0 aliphatic rings. The highest BCUT2D eigenvalue weighted by Crippen LogP contribution is 2.04. The fourth-order valence-electron chi connectivity index (χ4n) is 0.636. The summed E-state index contributed by atoms with van der Waals surface area (Å²) in [7, 11) is 0. The molecular formula is C8H14N2. The SMILES string of the molecule is CC=C/C(C)=C(\C)CN=N. The van der Waals surface area contributed by atoms with E-state index in [1.54, 1.807) is 0 Å². The Morgan fingerprint density at radius 1 is 1.50 bits per heavy atom. The molecule has 0 unspecified atom stereocenters. The second-order valence-electron chi connectivity index (χ2n) is 2.28. The van der Waals surface area contributed by atoms with Crippen LogP contribution in [0.25, 0.3) is 0 Å². The molecule has 0 amide bonds. The van der Waals surface area contributed by atoms with Crippen molar-refractivity contribution in [3.63, 3.8) is 0 Å². The molecule has 2 heteroatoms. The molecule has 56 valence electrons. The molecule has 0 radical (unpaired) electrons. The zero-order chi connectivity index (χ0) is 7.98. The molecule has 0 fully saturated rings. The van der Waals surface area contributed by atoms with Crippen LogP contribution in [0.15, 0.2) is 28.4 Å². The molecule has 0 atom stereocenters. The Hall–Kier alpha value is -0.920. The standard InChI is InChI=1S/C8H14N2/c1-4-5-7(2)8(3)6-10-9/h4-5,9H,6H2,1-3H3/b5-4?,8-7+,10-9?. The summed E-state index contributed by atoms with van der Waals surface area (Å²) in [6, 6.07) is 0. The van der Waals surface area contributed by atoms with E-state index in [-0.39, 0.29) is 0 Å². The molecular weight excluding hydrogens is 124 g/mol. The number of allylic oxidation sites excluding steroid dienone is 3. The molecule has 0 aliphatic carbocycles. The molecule has 0 aromatic heterocycles. The molecule has 0 spiro atoms. The highest BCUT2D eigenvalue weighted by atomic mass is 14.9. The number of nitrogens with zero attached hydrogens (tertiary/aromatic N) is 1. The third-order valence-electron chi connectivity index (χ3n) is 1.41. The number of hydrogen-bond acceptors (Lipinski definition) is 2. The molecule has 0 saturated carbocycles. The van der Waals surface area contributed by atoms with E-state index in [9.17, 15) is 0 Å². The lowest BCUT2D eigenvalue weighted by atomic mass is 10.1. The molecule has 0 aromatic rings. The van der Waals surface area contributed by atoms with Crippen molar-refractivity contribution >= 4 is 0 Å². The van der Waals surface area contributed by atoms with E-state index >= 15 is 0 Å². The first kappa shape index (κ1) is 9.08. The first-order chi connectivity index (χ1) is 4.72. The minimum atomic E-state index is 0.524. The van der Waals surface area contributed by atoms with Crippen molar-refractivity contribution in [2.75, 3.05) is 6.54 Å². The molecule has 0 heterocycles. The zero-order valence-corrected chi connectivity index (χ0v) is 6.81. The van der Waals surface area contributed by atoms with Crippen LogP contribution in [-0.4, -0.2) is 6.54 Å². The van der Waals surface area contributed by atoms with Crippen LogP contribution in [-0.2, 0) is 0 Å². The summed E-state index contributed by atoms with van der Waals surface area (Å²) in [5.41, 5.74) is 8.99. The van der Waals surface area contributed by atoms with Crippen LogP contribution in [0.4, 0.5) is 0 Å². The lowest BCUT2D eigenvalue weighted by Crippen LogP contribution is -1.84.